The van der Waals surface area contributed by atoms with Crippen molar-refractivity contribution >= 4 is 22.5 Å². The van der Waals surface area contributed by atoms with E-state index in [0.717, 1.165) is 37.3 Å². The lowest BCUT2D eigenvalue weighted by Gasteiger charge is -2.41. The number of piperidine rings is 1. The number of H-pyrrole nitrogens is 1. The highest BCUT2D eigenvalue weighted by atomic mass is 35.5. The molecule has 2 heterocycles. The number of aromatic nitrogens is 2. The summed E-state index contributed by atoms with van der Waals surface area (Å²) in [4.78, 5) is 22.2. The molecule has 2 aromatic rings. The maximum atomic E-state index is 12.2. The van der Waals surface area contributed by atoms with Crippen molar-refractivity contribution in [3.63, 3.8) is 0 Å². The predicted molar refractivity (Wildman–Crippen MR) is 92.7 cm³/mol. The number of halogens is 1. The minimum absolute atomic E-state index is 0.0748. The quantitative estimate of drug-likeness (QED) is 0.915. The molecule has 2 atom stereocenters. The second-order valence-corrected chi connectivity index (χ2v) is 7.44. The van der Waals surface area contributed by atoms with Crippen LogP contribution in [-0.4, -0.2) is 28.0 Å². The molecule has 1 aromatic carbocycles. The minimum Gasteiger partial charge on any atom is -0.309 e. The first-order chi connectivity index (χ1) is 11.2. The maximum absolute atomic E-state index is 12.2. The standard InChI is InChI=1S/C18H22ClN3O/c19-14-5-6-15-16(9-14)20-17(21-18(15)23)11-22-8-7-12-3-1-2-4-13(12)10-22/h5-6,9,12-13H,1-4,7-8,10-11H2,(H,20,21,23). The molecule has 4 rings (SSSR count). The van der Waals surface area contributed by atoms with Crippen LogP contribution in [0, 0.1) is 11.8 Å². The van der Waals surface area contributed by atoms with Gasteiger partial charge >= 0.3 is 0 Å². The van der Waals surface area contributed by atoms with Gasteiger partial charge in [0.05, 0.1) is 17.4 Å². The van der Waals surface area contributed by atoms with Crippen molar-refractivity contribution in [1.29, 1.82) is 0 Å². The average Bonchev–Trinajstić information content (AvgIpc) is 2.54. The van der Waals surface area contributed by atoms with Crippen LogP contribution >= 0.6 is 11.6 Å². The summed E-state index contributed by atoms with van der Waals surface area (Å²) in [6.07, 6.45) is 6.83. The molecular weight excluding hydrogens is 310 g/mol. The van der Waals surface area contributed by atoms with E-state index < -0.39 is 0 Å². The molecule has 122 valence electrons. The van der Waals surface area contributed by atoms with Crippen LogP contribution in [0.2, 0.25) is 5.02 Å². The van der Waals surface area contributed by atoms with E-state index in [9.17, 15) is 4.79 Å². The van der Waals surface area contributed by atoms with Crippen molar-refractivity contribution in [3.8, 4) is 0 Å². The molecular formula is C18H22ClN3O. The number of fused-ring (bicyclic) bond motifs is 2. The Labute approximate surface area is 140 Å². The molecule has 0 spiro atoms. The van der Waals surface area contributed by atoms with Crippen molar-refractivity contribution in [3.05, 3.63) is 39.4 Å². The summed E-state index contributed by atoms with van der Waals surface area (Å²) in [5.74, 6) is 2.50. The van der Waals surface area contributed by atoms with Crippen LogP contribution in [0.1, 0.15) is 37.9 Å². The Hall–Kier alpha value is -1.39. The largest absolute Gasteiger partial charge is 0.309 e. The van der Waals surface area contributed by atoms with E-state index in [-0.39, 0.29) is 5.56 Å². The zero-order chi connectivity index (χ0) is 15.8. The molecule has 1 saturated carbocycles. The van der Waals surface area contributed by atoms with Crippen molar-refractivity contribution in [1.82, 2.24) is 14.9 Å². The van der Waals surface area contributed by atoms with Gasteiger partial charge < -0.3 is 4.98 Å². The lowest BCUT2D eigenvalue weighted by Crippen LogP contribution is -2.41. The number of benzene rings is 1. The summed E-state index contributed by atoms with van der Waals surface area (Å²) in [5, 5.41) is 1.22. The molecule has 1 saturated heterocycles. The highest BCUT2D eigenvalue weighted by Crippen LogP contribution is 2.36. The number of nitrogens with one attached hydrogen (secondary N) is 1. The van der Waals surface area contributed by atoms with Crippen LogP contribution in [0.5, 0.6) is 0 Å². The molecule has 4 nitrogen and oxygen atoms in total. The van der Waals surface area contributed by atoms with Gasteiger partial charge in [0.2, 0.25) is 0 Å². The summed E-state index contributed by atoms with van der Waals surface area (Å²) in [6, 6.07) is 5.23. The fraction of sp³-hybridized carbons (Fsp3) is 0.556. The Morgan fingerprint density at radius 1 is 1.22 bits per heavy atom. The molecule has 0 bridgehead atoms. The van der Waals surface area contributed by atoms with Gasteiger partial charge in [-0.3, -0.25) is 9.69 Å². The first-order valence-electron chi connectivity index (χ1n) is 8.60. The van der Waals surface area contributed by atoms with Gasteiger partial charge in [0, 0.05) is 11.6 Å². The van der Waals surface area contributed by atoms with Crippen LogP contribution in [0.25, 0.3) is 10.9 Å². The van der Waals surface area contributed by atoms with E-state index >= 15 is 0 Å². The number of nitrogens with zero attached hydrogens (tertiary/aromatic N) is 2. The number of aromatic amines is 1. The van der Waals surface area contributed by atoms with Gasteiger partial charge in [0.1, 0.15) is 5.82 Å². The van der Waals surface area contributed by atoms with Gasteiger partial charge in [-0.05, 0) is 49.4 Å². The monoisotopic (exact) mass is 331 g/mol. The summed E-state index contributed by atoms with van der Waals surface area (Å²) in [7, 11) is 0. The summed E-state index contributed by atoms with van der Waals surface area (Å²) in [6.45, 7) is 2.97. The number of rotatable bonds is 2. The van der Waals surface area contributed by atoms with Crippen LogP contribution in [0.3, 0.4) is 0 Å². The normalized spacial score (nSPS) is 25.4. The van der Waals surface area contributed by atoms with E-state index in [2.05, 4.69) is 14.9 Å². The summed E-state index contributed by atoms with van der Waals surface area (Å²) < 4.78 is 0. The van der Waals surface area contributed by atoms with E-state index in [4.69, 9.17) is 11.6 Å². The lowest BCUT2D eigenvalue weighted by molar-refractivity contribution is 0.0803. The second-order valence-electron chi connectivity index (χ2n) is 7.00. The van der Waals surface area contributed by atoms with Crippen LogP contribution in [0.4, 0.5) is 0 Å². The van der Waals surface area contributed by atoms with E-state index in [1.165, 1.54) is 32.1 Å². The average molecular weight is 332 g/mol. The van der Waals surface area contributed by atoms with Gasteiger partial charge in [-0.25, -0.2) is 4.98 Å². The Morgan fingerprint density at radius 3 is 2.91 bits per heavy atom. The molecule has 5 heteroatoms. The first kappa shape index (κ1) is 15.2. The Bertz CT molecular complexity index is 772. The predicted octanol–water partition coefficient (Wildman–Crippen LogP) is 3.59. The topological polar surface area (TPSA) is 49.0 Å². The molecule has 0 radical (unpaired) electrons. The van der Waals surface area contributed by atoms with Gasteiger partial charge in [-0.1, -0.05) is 30.9 Å². The third-order valence-electron chi connectivity index (χ3n) is 5.47. The highest BCUT2D eigenvalue weighted by molar-refractivity contribution is 6.31. The van der Waals surface area contributed by atoms with Crippen LogP contribution < -0.4 is 5.56 Å². The molecule has 1 aliphatic carbocycles. The fourth-order valence-electron chi connectivity index (χ4n) is 4.27. The molecule has 2 aliphatic rings. The Morgan fingerprint density at radius 2 is 2.04 bits per heavy atom. The lowest BCUT2D eigenvalue weighted by atomic mass is 9.75. The minimum atomic E-state index is -0.0748. The Balaban J connectivity index is 1.54. The summed E-state index contributed by atoms with van der Waals surface area (Å²) >= 11 is 6.03. The smallest absolute Gasteiger partial charge is 0.258 e. The van der Waals surface area contributed by atoms with E-state index in [1.807, 2.05) is 0 Å². The molecule has 2 unspecified atom stereocenters. The first-order valence-corrected chi connectivity index (χ1v) is 8.97. The van der Waals surface area contributed by atoms with Gasteiger partial charge in [-0.2, -0.15) is 0 Å². The molecule has 1 aliphatic heterocycles. The number of hydrogen-bond donors (Lipinski definition) is 1. The van der Waals surface area contributed by atoms with Crippen molar-refractivity contribution in [2.24, 2.45) is 11.8 Å². The molecule has 1 aromatic heterocycles. The Kier molecular flexibility index (Phi) is 4.12. The second kappa shape index (κ2) is 6.25. The zero-order valence-corrected chi connectivity index (χ0v) is 14.0. The third kappa shape index (κ3) is 3.15. The highest BCUT2D eigenvalue weighted by Gasteiger charge is 2.31. The number of hydrogen-bond acceptors (Lipinski definition) is 3. The van der Waals surface area contributed by atoms with Crippen molar-refractivity contribution in [2.45, 2.75) is 38.6 Å². The fourth-order valence-corrected chi connectivity index (χ4v) is 4.43. The molecule has 23 heavy (non-hydrogen) atoms. The molecule has 2 fully saturated rings. The number of likely N-dealkylation sites (tertiary alicyclic amines) is 1. The molecule has 1 N–H and O–H groups in total. The van der Waals surface area contributed by atoms with Gasteiger partial charge in [0.25, 0.3) is 5.56 Å². The van der Waals surface area contributed by atoms with Gasteiger partial charge in [0.15, 0.2) is 0 Å². The van der Waals surface area contributed by atoms with E-state index in [1.54, 1.807) is 18.2 Å². The maximum Gasteiger partial charge on any atom is 0.258 e. The van der Waals surface area contributed by atoms with Crippen molar-refractivity contribution < 1.29 is 0 Å². The van der Waals surface area contributed by atoms with Gasteiger partial charge in [-0.15, -0.1) is 0 Å². The molecule has 0 amide bonds. The van der Waals surface area contributed by atoms with Crippen LogP contribution in [0.15, 0.2) is 23.0 Å². The zero-order valence-electron chi connectivity index (χ0n) is 13.2. The third-order valence-corrected chi connectivity index (χ3v) is 5.70. The summed E-state index contributed by atoms with van der Waals surface area (Å²) in [5.41, 5.74) is 0.609. The SMILES string of the molecule is O=c1[nH]c(CN2CCC3CCCCC3C2)nc2cc(Cl)ccc12. The van der Waals surface area contributed by atoms with Crippen molar-refractivity contribution in [2.75, 3.05) is 13.1 Å². The van der Waals surface area contributed by atoms with Crippen LogP contribution in [-0.2, 0) is 6.54 Å². The van der Waals surface area contributed by atoms with E-state index in [0.29, 0.717) is 15.9 Å².